The third kappa shape index (κ3) is 2.77. The zero-order valence-corrected chi connectivity index (χ0v) is 13.7. The summed E-state index contributed by atoms with van der Waals surface area (Å²) in [5.41, 5.74) is -0.195. The highest BCUT2D eigenvalue weighted by molar-refractivity contribution is 7.89. The molecule has 2 atom stereocenters. The van der Waals surface area contributed by atoms with Crippen LogP contribution < -0.4 is 5.32 Å². The molecular formula is C16H14F3N3O2S. The number of hydrogen-bond acceptors (Lipinski definition) is 4. The summed E-state index contributed by atoms with van der Waals surface area (Å²) < 4.78 is 65.3. The van der Waals surface area contributed by atoms with E-state index in [9.17, 15) is 21.6 Å². The van der Waals surface area contributed by atoms with Gasteiger partial charge in [0.2, 0.25) is 10.0 Å². The Morgan fingerprint density at radius 2 is 2.00 bits per heavy atom. The molecule has 1 saturated heterocycles. The molecule has 1 N–H and O–H groups in total. The second-order valence-corrected chi connectivity index (χ2v) is 8.02. The van der Waals surface area contributed by atoms with Crippen molar-refractivity contribution in [3.8, 4) is 11.3 Å². The molecule has 1 aromatic carbocycles. The van der Waals surface area contributed by atoms with Crippen LogP contribution in [0.5, 0.6) is 0 Å². The Hall–Kier alpha value is -2.13. The van der Waals surface area contributed by atoms with Crippen molar-refractivity contribution in [1.29, 1.82) is 0 Å². The lowest BCUT2D eigenvalue weighted by molar-refractivity contribution is -0.137. The van der Waals surface area contributed by atoms with Gasteiger partial charge in [-0.1, -0.05) is 12.1 Å². The number of halogens is 3. The van der Waals surface area contributed by atoms with Crippen molar-refractivity contribution >= 4 is 15.8 Å². The molecule has 0 spiro atoms. The fraction of sp³-hybridized carbons (Fsp3) is 0.312. The molecule has 0 saturated carbocycles. The van der Waals surface area contributed by atoms with E-state index in [4.69, 9.17) is 0 Å². The highest BCUT2D eigenvalue weighted by atomic mass is 32.2. The molecular weight excluding hydrogens is 355 g/mol. The number of nitrogens with one attached hydrogen (secondary N) is 1. The van der Waals surface area contributed by atoms with Crippen molar-refractivity contribution in [2.45, 2.75) is 23.5 Å². The maximum Gasteiger partial charge on any atom is 0.416 e. The Balaban J connectivity index is 1.80. The number of alkyl halides is 3. The van der Waals surface area contributed by atoms with Crippen molar-refractivity contribution in [3.63, 3.8) is 0 Å². The Kier molecular flexibility index (Phi) is 3.55. The number of nitrogens with zero attached hydrogens (tertiary/aromatic N) is 2. The van der Waals surface area contributed by atoms with E-state index in [1.807, 2.05) is 0 Å². The molecule has 1 aromatic heterocycles. The molecule has 132 valence electrons. The van der Waals surface area contributed by atoms with Gasteiger partial charge in [-0.15, -0.1) is 0 Å². The van der Waals surface area contributed by atoms with E-state index >= 15 is 0 Å². The number of rotatable bonds is 1. The Bertz CT molecular complexity index is 944. The van der Waals surface area contributed by atoms with Crippen LogP contribution in [0, 0.1) is 0 Å². The van der Waals surface area contributed by atoms with Crippen LogP contribution in [-0.2, 0) is 16.2 Å². The van der Waals surface area contributed by atoms with Crippen LogP contribution in [0.1, 0.15) is 12.0 Å². The summed E-state index contributed by atoms with van der Waals surface area (Å²) >= 11 is 0. The number of sulfonamides is 1. The average molecular weight is 369 g/mol. The quantitative estimate of drug-likeness (QED) is 0.840. The molecule has 5 nitrogen and oxygen atoms in total. The van der Waals surface area contributed by atoms with Crippen molar-refractivity contribution < 1.29 is 21.6 Å². The van der Waals surface area contributed by atoms with E-state index in [1.165, 1.54) is 28.6 Å². The lowest BCUT2D eigenvalue weighted by Crippen LogP contribution is -2.28. The van der Waals surface area contributed by atoms with Crippen LogP contribution in [0.4, 0.5) is 19.0 Å². The predicted octanol–water partition coefficient (Wildman–Crippen LogP) is 2.96. The van der Waals surface area contributed by atoms with E-state index in [2.05, 4.69) is 10.3 Å². The van der Waals surface area contributed by atoms with Gasteiger partial charge in [-0.05, 0) is 30.7 Å². The first-order chi connectivity index (χ1) is 11.7. The minimum absolute atomic E-state index is 0.0414. The molecule has 1 fully saturated rings. The highest BCUT2D eigenvalue weighted by Gasteiger charge is 2.38. The third-order valence-corrected chi connectivity index (χ3v) is 6.35. The van der Waals surface area contributed by atoms with Crippen LogP contribution in [0.3, 0.4) is 0 Å². The van der Waals surface area contributed by atoms with E-state index in [-0.39, 0.29) is 22.3 Å². The first-order valence-electron chi connectivity index (χ1n) is 7.70. The Labute approximate surface area is 142 Å². The summed E-state index contributed by atoms with van der Waals surface area (Å²) in [6.07, 6.45) is -3.77. The number of benzene rings is 1. The number of aromatic nitrogens is 1. The fourth-order valence-electron chi connectivity index (χ4n) is 3.17. The molecule has 0 radical (unpaired) electrons. The minimum atomic E-state index is -4.45. The van der Waals surface area contributed by atoms with Gasteiger partial charge >= 0.3 is 6.18 Å². The maximum atomic E-state index is 12.9. The topological polar surface area (TPSA) is 62.3 Å². The minimum Gasteiger partial charge on any atom is -0.365 e. The summed E-state index contributed by atoms with van der Waals surface area (Å²) in [6, 6.07) is 7.63. The summed E-state index contributed by atoms with van der Waals surface area (Å²) in [5.74, 6) is 0.196. The largest absolute Gasteiger partial charge is 0.416 e. The molecule has 9 heteroatoms. The van der Waals surface area contributed by atoms with Crippen LogP contribution >= 0.6 is 0 Å². The first kappa shape index (κ1) is 16.3. The summed E-state index contributed by atoms with van der Waals surface area (Å²) in [7, 11) is -3.63. The van der Waals surface area contributed by atoms with Gasteiger partial charge in [0.1, 0.15) is 10.7 Å². The van der Waals surface area contributed by atoms with Gasteiger partial charge in [0.05, 0.1) is 11.3 Å². The first-order valence-corrected chi connectivity index (χ1v) is 9.14. The summed E-state index contributed by atoms with van der Waals surface area (Å²) in [4.78, 5) is 4.36. The molecule has 2 aromatic rings. The van der Waals surface area contributed by atoms with Crippen LogP contribution in [0.15, 0.2) is 41.3 Å². The molecule has 3 heterocycles. The maximum absolute atomic E-state index is 12.9. The van der Waals surface area contributed by atoms with Crippen molar-refractivity contribution in [2.75, 3.05) is 18.4 Å². The average Bonchev–Trinajstić information content (AvgIpc) is 2.99. The molecule has 25 heavy (non-hydrogen) atoms. The van der Waals surface area contributed by atoms with Gasteiger partial charge in [-0.25, -0.2) is 13.4 Å². The molecule has 2 aliphatic rings. The molecule has 2 bridgehead atoms. The standard InChI is InChI=1S/C16H14F3N3O2S/c17-16(18,19)11-3-1-2-10(8-11)13-4-5-14-15(21-13)20-12-6-7-22(9-12)25(14,23)24/h1-5,8,12H,6-7,9H2,(H,20,21). The van der Waals surface area contributed by atoms with Crippen molar-refractivity contribution in [3.05, 3.63) is 42.0 Å². The van der Waals surface area contributed by atoms with Gasteiger partial charge < -0.3 is 5.32 Å². The van der Waals surface area contributed by atoms with E-state index in [0.29, 0.717) is 25.2 Å². The zero-order chi connectivity index (χ0) is 17.8. The monoisotopic (exact) mass is 369 g/mol. The molecule has 0 aliphatic carbocycles. The van der Waals surface area contributed by atoms with Crippen LogP contribution in [-0.4, -0.2) is 36.8 Å². The SMILES string of the molecule is O=S1(=O)c2ccc(-c3cccc(C(F)(F)F)c3)nc2NC2CCN1C2. The second-order valence-electron chi connectivity index (χ2n) is 6.11. The van der Waals surface area contributed by atoms with Gasteiger partial charge in [0.25, 0.3) is 0 Å². The van der Waals surface area contributed by atoms with Gasteiger partial charge in [0, 0.05) is 24.7 Å². The Morgan fingerprint density at radius 3 is 2.76 bits per heavy atom. The number of pyridine rings is 1. The van der Waals surface area contributed by atoms with Crippen LogP contribution in [0.2, 0.25) is 0 Å². The van der Waals surface area contributed by atoms with Gasteiger partial charge in [0.15, 0.2) is 0 Å². The molecule has 2 unspecified atom stereocenters. The molecule has 4 rings (SSSR count). The summed E-state index contributed by atoms with van der Waals surface area (Å²) in [6.45, 7) is 0.826. The van der Waals surface area contributed by atoms with Crippen molar-refractivity contribution in [2.24, 2.45) is 0 Å². The smallest absolute Gasteiger partial charge is 0.365 e. The number of anilines is 1. The van der Waals surface area contributed by atoms with E-state index < -0.39 is 21.8 Å². The third-order valence-electron chi connectivity index (χ3n) is 4.45. The lowest BCUT2D eigenvalue weighted by Gasteiger charge is -2.17. The fourth-order valence-corrected chi connectivity index (χ4v) is 4.76. The van der Waals surface area contributed by atoms with Gasteiger partial charge in [-0.3, -0.25) is 0 Å². The predicted molar refractivity (Wildman–Crippen MR) is 85.5 cm³/mol. The van der Waals surface area contributed by atoms with E-state index in [0.717, 1.165) is 12.1 Å². The molecule has 0 amide bonds. The van der Waals surface area contributed by atoms with Crippen molar-refractivity contribution in [1.82, 2.24) is 9.29 Å². The second kappa shape index (κ2) is 5.43. The normalized spacial score (nSPS) is 24.3. The Morgan fingerprint density at radius 1 is 1.20 bits per heavy atom. The molecule has 2 aliphatic heterocycles. The van der Waals surface area contributed by atoms with E-state index in [1.54, 1.807) is 0 Å². The number of hydrogen-bond donors (Lipinski definition) is 1. The lowest BCUT2D eigenvalue weighted by atomic mass is 10.1. The summed E-state index contributed by atoms with van der Waals surface area (Å²) in [5, 5.41) is 3.11. The van der Waals surface area contributed by atoms with Gasteiger partial charge in [-0.2, -0.15) is 17.5 Å². The van der Waals surface area contributed by atoms with Crippen LogP contribution in [0.25, 0.3) is 11.3 Å². The number of fused-ring (bicyclic) bond motifs is 3. The highest BCUT2D eigenvalue weighted by Crippen LogP contribution is 2.35. The zero-order valence-electron chi connectivity index (χ0n) is 12.9.